The minimum absolute atomic E-state index is 0.107. The number of halogens is 1. The Kier molecular flexibility index (Phi) is 5.72. The fourth-order valence-corrected chi connectivity index (χ4v) is 3.37. The number of benzene rings is 2. The Morgan fingerprint density at radius 1 is 1.35 bits per heavy atom. The lowest BCUT2D eigenvalue weighted by Gasteiger charge is -2.16. The molecular weight excluding hydrogens is 350 g/mol. The minimum Gasteiger partial charge on any atom is -0.488 e. The van der Waals surface area contributed by atoms with E-state index in [-0.39, 0.29) is 12.7 Å². The molecule has 1 N–H and O–H groups in total. The van der Waals surface area contributed by atoms with Crippen molar-refractivity contribution in [3.05, 3.63) is 63.7 Å². The molecule has 26 heavy (non-hydrogen) atoms. The zero-order chi connectivity index (χ0) is 18.7. The zero-order valence-electron chi connectivity index (χ0n) is 15.3. The predicted molar refractivity (Wildman–Crippen MR) is 103 cm³/mol. The zero-order valence-corrected chi connectivity index (χ0v) is 16.1. The highest BCUT2D eigenvalue weighted by molar-refractivity contribution is 6.31. The molecule has 5 heteroatoms. The normalized spacial score (nSPS) is 15.5. The SMILES string of the molecule is Cc1c(Cl)cc(C(C)C)c2c1CC(CNC(=O)OCc1ccccc1)O2. The molecule has 0 bridgehead atoms. The lowest BCUT2D eigenvalue weighted by atomic mass is 9.95. The van der Waals surface area contributed by atoms with Gasteiger partial charge in [0.05, 0.1) is 6.54 Å². The smallest absolute Gasteiger partial charge is 0.407 e. The Hall–Kier alpha value is -2.20. The number of nitrogens with one attached hydrogen (secondary N) is 1. The van der Waals surface area contributed by atoms with Crippen LogP contribution in [0.15, 0.2) is 36.4 Å². The van der Waals surface area contributed by atoms with Crippen LogP contribution in [-0.4, -0.2) is 18.7 Å². The molecule has 2 aromatic rings. The fraction of sp³-hybridized carbons (Fsp3) is 0.381. The van der Waals surface area contributed by atoms with Crippen LogP contribution in [0, 0.1) is 6.92 Å². The molecule has 4 nitrogen and oxygen atoms in total. The number of hydrogen-bond acceptors (Lipinski definition) is 3. The Morgan fingerprint density at radius 3 is 2.77 bits per heavy atom. The van der Waals surface area contributed by atoms with Crippen molar-refractivity contribution >= 4 is 17.7 Å². The van der Waals surface area contributed by atoms with Gasteiger partial charge >= 0.3 is 6.09 Å². The van der Waals surface area contributed by atoms with Crippen molar-refractivity contribution in [3.8, 4) is 5.75 Å². The molecular formula is C21H24ClNO3. The summed E-state index contributed by atoms with van der Waals surface area (Å²) < 4.78 is 11.4. The van der Waals surface area contributed by atoms with Gasteiger partial charge in [-0.05, 0) is 35.6 Å². The van der Waals surface area contributed by atoms with Crippen molar-refractivity contribution in [2.75, 3.05) is 6.54 Å². The van der Waals surface area contributed by atoms with Gasteiger partial charge in [-0.15, -0.1) is 0 Å². The molecule has 0 saturated heterocycles. The van der Waals surface area contributed by atoms with E-state index < -0.39 is 6.09 Å². The van der Waals surface area contributed by atoms with E-state index in [1.165, 1.54) is 0 Å². The highest BCUT2D eigenvalue weighted by atomic mass is 35.5. The molecule has 1 aliphatic rings. The van der Waals surface area contributed by atoms with Gasteiger partial charge in [0.15, 0.2) is 0 Å². The molecule has 0 aliphatic carbocycles. The van der Waals surface area contributed by atoms with Gasteiger partial charge in [0.1, 0.15) is 18.5 Å². The van der Waals surface area contributed by atoms with Gasteiger partial charge in [0.2, 0.25) is 0 Å². The molecule has 0 spiro atoms. The van der Waals surface area contributed by atoms with Crippen LogP contribution in [0.5, 0.6) is 5.75 Å². The van der Waals surface area contributed by atoms with Gasteiger partial charge in [0, 0.05) is 17.0 Å². The number of ether oxygens (including phenoxy) is 2. The molecule has 1 heterocycles. The number of hydrogen-bond donors (Lipinski definition) is 1. The highest BCUT2D eigenvalue weighted by Crippen LogP contribution is 2.41. The first kappa shape index (κ1) is 18.6. The largest absolute Gasteiger partial charge is 0.488 e. The molecule has 1 unspecified atom stereocenters. The molecule has 1 aliphatic heterocycles. The highest BCUT2D eigenvalue weighted by Gasteiger charge is 2.29. The molecule has 0 fully saturated rings. The van der Waals surface area contributed by atoms with Crippen LogP contribution in [-0.2, 0) is 17.8 Å². The average Bonchev–Trinajstić information content (AvgIpc) is 3.06. The predicted octanol–water partition coefficient (Wildman–Crippen LogP) is 5.00. The number of rotatable bonds is 5. The standard InChI is InChI=1S/C21H24ClNO3/c1-13(2)17-10-19(22)14(3)18-9-16(26-20(17)18)11-23-21(24)25-12-15-7-5-4-6-8-15/h4-8,10,13,16H,9,11-12H2,1-3H3,(H,23,24). The van der Waals surface area contributed by atoms with Crippen LogP contribution in [0.25, 0.3) is 0 Å². The van der Waals surface area contributed by atoms with E-state index in [0.717, 1.165) is 39.4 Å². The molecule has 0 saturated carbocycles. The van der Waals surface area contributed by atoms with Crippen LogP contribution < -0.4 is 10.1 Å². The third-order valence-electron chi connectivity index (χ3n) is 4.65. The summed E-state index contributed by atoms with van der Waals surface area (Å²) in [5.74, 6) is 1.25. The molecule has 0 aromatic heterocycles. The molecule has 1 amide bonds. The molecule has 1 atom stereocenters. The van der Waals surface area contributed by atoms with Crippen LogP contribution >= 0.6 is 11.6 Å². The monoisotopic (exact) mass is 373 g/mol. The maximum absolute atomic E-state index is 11.9. The van der Waals surface area contributed by atoms with Gasteiger partial charge in [-0.2, -0.15) is 0 Å². The van der Waals surface area contributed by atoms with Crippen LogP contribution in [0.4, 0.5) is 4.79 Å². The van der Waals surface area contributed by atoms with Crippen molar-refractivity contribution in [2.45, 2.75) is 45.8 Å². The van der Waals surface area contributed by atoms with Crippen molar-refractivity contribution in [1.29, 1.82) is 0 Å². The average molecular weight is 374 g/mol. The second kappa shape index (κ2) is 8.00. The fourth-order valence-electron chi connectivity index (χ4n) is 3.13. The van der Waals surface area contributed by atoms with Crippen molar-refractivity contribution in [1.82, 2.24) is 5.32 Å². The number of amides is 1. The first-order valence-electron chi connectivity index (χ1n) is 8.88. The van der Waals surface area contributed by atoms with Gasteiger partial charge in [-0.1, -0.05) is 55.8 Å². The van der Waals surface area contributed by atoms with Crippen molar-refractivity contribution < 1.29 is 14.3 Å². The van der Waals surface area contributed by atoms with Gasteiger partial charge in [0.25, 0.3) is 0 Å². The summed E-state index contributed by atoms with van der Waals surface area (Å²) in [5, 5.41) is 3.56. The molecule has 0 radical (unpaired) electrons. The minimum atomic E-state index is -0.438. The first-order valence-corrected chi connectivity index (χ1v) is 9.26. The lowest BCUT2D eigenvalue weighted by Crippen LogP contribution is -2.34. The van der Waals surface area contributed by atoms with E-state index in [4.69, 9.17) is 21.1 Å². The summed E-state index contributed by atoms with van der Waals surface area (Å²) in [6, 6.07) is 11.6. The maximum atomic E-state index is 11.9. The molecule has 138 valence electrons. The van der Waals surface area contributed by atoms with E-state index >= 15 is 0 Å². The Balaban J connectivity index is 1.56. The summed E-state index contributed by atoms with van der Waals surface area (Å²) in [5.41, 5.74) is 4.27. The Bertz CT molecular complexity index is 790. The second-order valence-electron chi connectivity index (χ2n) is 6.92. The first-order chi connectivity index (χ1) is 12.5. The van der Waals surface area contributed by atoms with E-state index in [1.54, 1.807) is 0 Å². The van der Waals surface area contributed by atoms with E-state index in [2.05, 4.69) is 19.2 Å². The lowest BCUT2D eigenvalue weighted by molar-refractivity contribution is 0.133. The summed E-state index contributed by atoms with van der Waals surface area (Å²) in [6.45, 7) is 6.91. The van der Waals surface area contributed by atoms with E-state index in [9.17, 15) is 4.79 Å². The van der Waals surface area contributed by atoms with Crippen LogP contribution in [0.1, 0.15) is 42.0 Å². The topological polar surface area (TPSA) is 47.6 Å². The summed E-state index contributed by atoms with van der Waals surface area (Å²) in [4.78, 5) is 11.9. The third kappa shape index (κ3) is 4.13. The van der Waals surface area contributed by atoms with E-state index in [0.29, 0.717) is 12.5 Å². The van der Waals surface area contributed by atoms with E-state index in [1.807, 2.05) is 43.3 Å². The van der Waals surface area contributed by atoms with Gasteiger partial charge < -0.3 is 14.8 Å². The van der Waals surface area contributed by atoms with Crippen molar-refractivity contribution in [2.24, 2.45) is 0 Å². The quantitative estimate of drug-likeness (QED) is 0.802. The Labute approximate surface area is 159 Å². The summed E-state index contributed by atoms with van der Waals surface area (Å²) in [7, 11) is 0. The van der Waals surface area contributed by atoms with Crippen LogP contribution in [0.3, 0.4) is 0 Å². The third-order valence-corrected chi connectivity index (χ3v) is 5.05. The van der Waals surface area contributed by atoms with Gasteiger partial charge in [-0.25, -0.2) is 4.79 Å². The number of fused-ring (bicyclic) bond motifs is 1. The number of carbonyl (C=O) groups is 1. The molecule has 2 aromatic carbocycles. The second-order valence-corrected chi connectivity index (χ2v) is 7.33. The summed E-state index contributed by atoms with van der Waals surface area (Å²) >= 11 is 6.37. The number of alkyl carbamates (subject to hydrolysis) is 1. The maximum Gasteiger partial charge on any atom is 0.407 e. The van der Waals surface area contributed by atoms with Crippen molar-refractivity contribution in [3.63, 3.8) is 0 Å². The van der Waals surface area contributed by atoms with Crippen LogP contribution in [0.2, 0.25) is 5.02 Å². The Morgan fingerprint density at radius 2 is 2.08 bits per heavy atom. The summed E-state index contributed by atoms with van der Waals surface area (Å²) in [6.07, 6.45) is 0.191. The molecule has 3 rings (SSSR count). The number of carbonyl (C=O) groups excluding carboxylic acids is 1. The van der Waals surface area contributed by atoms with Gasteiger partial charge in [-0.3, -0.25) is 0 Å².